The summed E-state index contributed by atoms with van der Waals surface area (Å²) >= 11 is 80.2. The van der Waals surface area contributed by atoms with E-state index >= 15 is 0 Å². The van der Waals surface area contributed by atoms with E-state index in [1.165, 1.54) is 0 Å². The van der Waals surface area contributed by atoms with Crippen LogP contribution in [-0.2, 0) is 31.4 Å². The second-order valence-electron chi connectivity index (χ2n) is 4.73. The number of hydrogen-bond donors (Lipinski definition) is 0. The Morgan fingerprint density at radius 3 is 1.45 bits per heavy atom. The molecule has 0 N–H and O–H groups in total. The molecule has 0 aliphatic carbocycles. The van der Waals surface area contributed by atoms with Gasteiger partial charge in [-0.25, -0.2) is 22.0 Å². The summed E-state index contributed by atoms with van der Waals surface area (Å²) < 4.78 is 21.7. The summed E-state index contributed by atoms with van der Waals surface area (Å²) in [5.41, 5.74) is 0. The van der Waals surface area contributed by atoms with E-state index in [-0.39, 0.29) is 0 Å². The Kier molecular flexibility index (Phi) is 10.2. The maximum atomic E-state index is 12.1. The maximum absolute atomic E-state index is 12.1. The lowest BCUT2D eigenvalue weighted by Crippen LogP contribution is -2.83. The van der Waals surface area contributed by atoms with E-state index in [2.05, 4.69) is 17.2 Å². The molecular formula is C8Cl14O7. The fraction of sp³-hybridized carbons (Fsp3) is 0.875. The third-order valence-electron chi connectivity index (χ3n) is 3.14. The summed E-state index contributed by atoms with van der Waals surface area (Å²) in [5.74, 6) is -1.75. The standard InChI is InChI=1S/C8Cl14O7/c9-2(10,11)1(23)24-8(18)6(15,28-21)4(13,27-20)3(12,26-19)5(14,25-8)7(16,17)29-22/t3-,4-,5-,6+,8+/m0/s1. The van der Waals surface area contributed by atoms with Crippen LogP contribution in [0.3, 0.4) is 0 Å². The third-order valence-corrected chi connectivity index (χ3v) is 9.03. The van der Waals surface area contributed by atoms with Gasteiger partial charge in [-0.3, -0.25) is 4.74 Å². The first-order valence-corrected chi connectivity index (χ1v) is 10.9. The van der Waals surface area contributed by atoms with E-state index in [0.29, 0.717) is 0 Å². The molecule has 0 amide bonds. The second kappa shape index (κ2) is 9.76. The molecule has 0 aromatic rings. The molecule has 1 aliphatic heterocycles. The van der Waals surface area contributed by atoms with Crippen LogP contribution in [0.4, 0.5) is 0 Å². The van der Waals surface area contributed by atoms with Gasteiger partial charge in [0.25, 0.3) is 28.6 Å². The minimum absolute atomic E-state index is 1.75. The minimum atomic E-state index is -3.38. The number of carbonyl (C=O) groups excluding carboxylic acids is 1. The fourth-order valence-corrected chi connectivity index (χ4v) is 5.14. The largest absolute Gasteiger partial charge is 0.411 e. The molecular weight excluding hydrogens is 704 g/mol. The lowest BCUT2D eigenvalue weighted by molar-refractivity contribution is -0.352. The van der Waals surface area contributed by atoms with Gasteiger partial charge in [0.05, 0.1) is 47.5 Å². The highest BCUT2D eigenvalue weighted by atomic mass is 35.6. The van der Waals surface area contributed by atoms with Crippen molar-refractivity contribution in [3.63, 3.8) is 0 Å². The Morgan fingerprint density at radius 1 is 0.724 bits per heavy atom. The van der Waals surface area contributed by atoms with Crippen molar-refractivity contribution in [3.05, 3.63) is 0 Å². The minimum Gasteiger partial charge on any atom is -0.411 e. The quantitative estimate of drug-likeness (QED) is 0.211. The molecule has 0 saturated carbocycles. The van der Waals surface area contributed by atoms with Crippen LogP contribution in [0.2, 0.25) is 0 Å². The molecule has 0 aromatic carbocycles. The van der Waals surface area contributed by atoms with E-state index in [9.17, 15) is 4.79 Å². The van der Waals surface area contributed by atoms with Gasteiger partial charge in [-0.05, 0) is 11.6 Å². The van der Waals surface area contributed by atoms with Gasteiger partial charge in [0.15, 0.2) is 0 Å². The lowest BCUT2D eigenvalue weighted by Gasteiger charge is -2.60. The van der Waals surface area contributed by atoms with E-state index in [1.54, 1.807) is 0 Å². The monoisotopic (exact) mass is 698 g/mol. The third kappa shape index (κ3) is 4.51. The lowest BCUT2D eigenvalue weighted by atomic mass is 9.95. The Labute approximate surface area is 232 Å². The molecule has 29 heavy (non-hydrogen) atoms. The molecule has 1 aliphatic rings. The Balaban J connectivity index is 3.92. The van der Waals surface area contributed by atoms with E-state index in [1.807, 2.05) is 0 Å². The van der Waals surface area contributed by atoms with Crippen LogP contribution in [0.1, 0.15) is 0 Å². The van der Waals surface area contributed by atoms with Crippen molar-refractivity contribution in [1.82, 2.24) is 0 Å². The second-order valence-corrected chi connectivity index (χ2v) is 11.5. The zero-order valence-corrected chi connectivity index (χ0v) is 22.7. The molecule has 0 spiro atoms. The summed E-state index contributed by atoms with van der Waals surface area (Å²) in [6.07, 6.45) is 0. The average Bonchev–Trinajstić information content (AvgIpc) is 2.63. The summed E-state index contributed by atoms with van der Waals surface area (Å²) in [7, 11) is 0. The first-order valence-electron chi connectivity index (χ1n) is 5.84. The smallest absolute Gasteiger partial charge is 0.362 e. The van der Waals surface area contributed by atoms with Crippen molar-refractivity contribution in [2.75, 3.05) is 0 Å². The molecule has 1 rings (SSSR count). The van der Waals surface area contributed by atoms with Crippen molar-refractivity contribution in [1.29, 1.82) is 0 Å². The van der Waals surface area contributed by atoms with Gasteiger partial charge < -0.3 is 4.74 Å². The zero-order valence-electron chi connectivity index (χ0n) is 12.1. The number of alkyl halides is 10. The Bertz CT molecular complexity index is 642. The van der Waals surface area contributed by atoms with Crippen molar-refractivity contribution >= 4 is 169 Å². The molecule has 7 nitrogen and oxygen atoms in total. The van der Waals surface area contributed by atoms with Crippen LogP contribution in [0.25, 0.3) is 0 Å². The summed E-state index contributed by atoms with van der Waals surface area (Å²) in [6.45, 7) is 0. The average molecular weight is 704 g/mol. The Morgan fingerprint density at radius 2 is 1.14 bits per heavy atom. The van der Waals surface area contributed by atoms with Crippen LogP contribution in [0.5, 0.6) is 0 Å². The van der Waals surface area contributed by atoms with Gasteiger partial charge in [0, 0.05) is 0 Å². The predicted molar refractivity (Wildman–Crippen MR) is 113 cm³/mol. The van der Waals surface area contributed by atoms with Gasteiger partial charge >= 0.3 is 11.2 Å². The number of rotatable bonds is 6. The highest BCUT2D eigenvalue weighted by Gasteiger charge is 2.91. The number of ether oxygens (including phenoxy) is 2. The van der Waals surface area contributed by atoms with Gasteiger partial charge in [0.1, 0.15) is 0 Å². The summed E-state index contributed by atoms with van der Waals surface area (Å²) in [4.78, 5) is 12.1. The molecule has 0 aromatic heterocycles. The SMILES string of the molecule is O=C(O[C@@]1(Cl)O[C@](Cl)(C(Cl)(Cl)OCl)[C@@](Cl)(OCl)[C@](Cl)(OCl)[C@@]1(Cl)OCl)C(Cl)(Cl)Cl. The topological polar surface area (TPSA) is 72.5 Å². The van der Waals surface area contributed by atoms with E-state index in [4.69, 9.17) is 173 Å². The van der Waals surface area contributed by atoms with Gasteiger partial charge in [-0.15, -0.1) is 0 Å². The van der Waals surface area contributed by atoms with Crippen LogP contribution >= 0.6 is 163 Å². The molecule has 0 radical (unpaired) electrons. The number of carbonyl (C=O) groups is 1. The summed E-state index contributed by atoms with van der Waals surface area (Å²) in [5, 5.41) is -16.2. The van der Waals surface area contributed by atoms with Gasteiger partial charge in [-0.2, -0.15) is 0 Å². The van der Waals surface area contributed by atoms with Crippen molar-refractivity contribution in [3.8, 4) is 0 Å². The van der Waals surface area contributed by atoms with Crippen molar-refractivity contribution < 1.29 is 31.4 Å². The van der Waals surface area contributed by atoms with Crippen LogP contribution in [0, 0.1) is 0 Å². The number of hydrogen-bond acceptors (Lipinski definition) is 7. The van der Waals surface area contributed by atoms with Crippen molar-refractivity contribution in [2.45, 2.75) is 33.8 Å². The molecule has 1 saturated heterocycles. The zero-order chi connectivity index (χ0) is 23.3. The van der Waals surface area contributed by atoms with Crippen molar-refractivity contribution in [2.24, 2.45) is 0 Å². The highest BCUT2D eigenvalue weighted by molar-refractivity contribution is 6.75. The fourth-order valence-electron chi connectivity index (χ4n) is 1.77. The predicted octanol–water partition coefficient (Wildman–Crippen LogP) is 7.38. The Hall–Kier alpha value is 3.33. The molecule has 21 heteroatoms. The van der Waals surface area contributed by atoms with Gasteiger partial charge in [-0.1, -0.05) is 104 Å². The first-order chi connectivity index (χ1) is 12.8. The molecule has 0 unspecified atom stereocenters. The van der Waals surface area contributed by atoms with E-state index < -0.39 is 39.8 Å². The molecule has 172 valence electrons. The normalized spacial score (nSPS) is 41.3. The highest BCUT2D eigenvalue weighted by Crippen LogP contribution is 2.70. The first kappa shape index (κ1) is 30.4. The molecule has 1 fully saturated rings. The van der Waals surface area contributed by atoms with Crippen LogP contribution in [-0.4, -0.2) is 39.8 Å². The van der Waals surface area contributed by atoms with Gasteiger partial charge in [0.2, 0.25) is 0 Å². The molecule has 5 atom stereocenters. The molecule has 0 bridgehead atoms. The van der Waals surface area contributed by atoms with Crippen LogP contribution < -0.4 is 0 Å². The molecule has 1 heterocycles. The number of esters is 1. The van der Waals surface area contributed by atoms with Crippen LogP contribution in [0.15, 0.2) is 0 Å². The van der Waals surface area contributed by atoms with E-state index in [0.717, 1.165) is 0 Å². The number of halogens is 14. The maximum Gasteiger partial charge on any atom is 0.362 e. The summed E-state index contributed by atoms with van der Waals surface area (Å²) in [6, 6.07) is 0.